The van der Waals surface area contributed by atoms with E-state index in [9.17, 15) is 4.79 Å². The second kappa shape index (κ2) is 6.60. The van der Waals surface area contributed by atoms with E-state index < -0.39 is 0 Å². The summed E-state index contributed by atoms with van der Waals surface area (Å²) >= 11 is 0. The summed E-state index contributed by atoms with van der Waals surface area (Å²) in [6, 6.07) is 0. The van der Waals surface area contributed by atoms with Gasteiger partial charge in [-0.2, -0.15) is 0 Å². The molecule has 3 aliphatic rings. The van der Waals surface area contributed by atoms with Gasteiger partial charge in [0.15, 0.2) is 0 Å². The summed E-state index contributed by atoms with van der Waals surface area (Å²) in [5, 5.41) is 0. The molecule has 0 aliphatic heterocycles. The van der Waals surface area contributed by atoms with Crippen LogP contribution in [0.3, 0.4) is 0 Å². The second-order valence-electron chi connectivity index (χ2n) is 8.07. The zero-order valence-electron chi connectivity index (χ0n) is 14.2. The third-order valence-corrected chi connectivity index (χ3v) is 6.03. The van der Waals surface area contributed by atoms with Crippen LogP contribution in [0.5, 0.6) is 0 Å². The lowest BCUT2D eigenvalue weighted by Gasteiger charge is -2.37. The highest BCUT2D eigenvalue weighted by atomic mass is 16.5. The molecule has 0 radical (unpaired) electrons. The van der Waals surface area contributed by atoms with E-state index in [1.54, 1.807) is 0 Å². The molecular weight excluding hydrogens is 272 g/mol. The number of rotatable bonds is 3. The molecule has 0 unspecified atom stereocenters. The van der Waals surface area contributed by atoms with Crippen molar-refractivity contribution in [2.75, 3.05) is 0 Å². The monoisotopic (exact) mass is 302 g/mol. The number of carbonyl (C=O) groups is 1. The highest BCUT2D eigenvalue weighted by Gasteiger charge is 2.40. The van der Waals surface area contributed by atoms with Crippen molar-refractivity contribution in [1.82, 2.24) is 0 Å². The molecule has 2 heteroatoms. The molecule has 2 fully saturated rings. The van der Waals surface area contributed by atoms with Gasteiger partial charge in [0.1, 0.15) is 6.10 Å². The standard InChI is InChI=1S/C20H30O2/c1-13(2)17-9-8-14(3)10-19(17)22-20(21)18-12-15-6-4-5-7-16(18)11-15/h4-7,13-19H,8-12H2,1-3H3/t14-,15-,16+,17+,18+,19-/m1/s1. The number of hydrogen-bond donors (Lipinski definition) is 0. The Kier molecular flexibility index (Phi) is 4.75. The van der Waals surface area contributed by atoms with E-state index in [1.807, 2.05) is 0 Å². The average Bonchev–Trinajstić information content (AvgIpc) is 2.70. The van der Waals surface area contributed by atoms with Crippen LogP contribution in [0.4, 0.5) is 0 Å². The predicted molar refractivity (Wildman–Crippen MR) is 89.2 cm³/mol. The van der Waals surface area contributed by atoms with Crippen LogP contribution in [-0.2, 0) is 9.53 Å². The fraction of sp³-hybridized carbons (Fsp3) is 0.750. The minimum atomic E-state index is 0.0669. The first-order valence-electron chi connectivity index (χ1n) is 9.10. The van der Waals surface area contributed by atoms with Crippen molar-refractivity contribution in [3.63, 3.8) is 0 Å². The Hall–Kier alpha value is -1.05. The van der Waals surface area contributed by atoms with Crippen LogP contribution < -0.4 is 0 Å². The van der Waals surface area contributed by atoms with Crippen molar-refractivity contribution in [3.8, 4) is 0 Å². The van der Waals surface area contributed by atoms with Crippen LogP contribution in [0.2, 0.25) is 0 Å². The van der Waals surface area contributed by atoms with Crippen LogP contribution in [0.15, 0.2) is 24.3 Å². The molecule has 0 spiro atoms. The van der Waals surface area contributed by atoms with Gasteiger partial charge in [0.05, 0.1) is 5.92 Å². The van der Waals surface area contributed by atoms with Crippen molar-refractivity contribution in [1.29, 1.82) is 0 Å². The van der Waals surface area contributed by atoms with Crippen LogP contribution in [0.1, 0.15) is 52.9 Å². The van der Waals surface area contributed by atoms with Gasteiger partial charge in [0.25, 0.3) is 0 Å². The molecule has 0 aromatic rings. The number of esters is 1. The number of hydrogen-bond acceptors (Lipinski definition) is 2. The normalized spacial score (nSPS) is 40.7. The first-order chi connectivity index (χ1) is 10.5. The highest BCUT2D eigenvalue weighted by molar-refractivity contribution is 5.74. The van der Waals surface area contributed by atoms with E-state index in [2.05, 4.69) is 45.1 Å². The van der Waals surface area contributed by atoms with Gasteiger partial charge in [0.2, 0.25) is 0 Å². The molecule has 0 saturated heterocycles. The summed E-state index contributed by atoms with van der Waals surface area (Å²) in [7, 11) is 0. The Morgan fingerprint density at radius 1 is 1.09 bits per heavy atom. The maximum atomic E-state index is 12.8. The smallest absolute Gasteiger partial charge is 0.309 e. The fourth-order valence-corrected chi connectivity index (χ4v) is 4.67. The Morgan fingerprint density at radius 3 is 2.64 bits per heavy atom. The Labute approximate surface area is 135 Å². The van der Waals surface area contributed by atoms with E-state index in [1.165, 1.54) is 12.8 Å². The van der Waals surface area contributed by atoms with Gasteiger partial charge in [-0.05, 0) is 55.3 Å². The van der Waals surface area contributed by atoms with E-state index in [0.717, 1.165) is 19.3 Å². The summed E-state index contributed by atoms with van der Waals surface area (Å²) < 4.78 is 6.07. The minimum absolute atomic E-state index is 0.0669. The van der Waals surface area contributed by atoms with Crippen molar-refractivity contribution >= 4 is 5.97 Å². The molecular formula is C20H30O2. The fourth-order valence-electron chi connectivity index (χ4n) is 4.67. The zero-order valence-corrected chi connectivity index (χ0v) is 14.2. The van der Waals surface area contributed by atoms with E-state index in [0.29, 0.717) is 29.6 Å². The summed E-state index contributed by atoms with van der Waals surface area (Å²) in [4.78, 5) is 12.8. The minimum Gasteiger partial charge on any atom is -0.462 e. The highest BCUT2D eigenvalue weighted by Crippen LogP contribution is 2.42. The largest absolute Gasteiger partial charge is 0.462 e. The van der Waals surface area contributed by atoms with Crippen molar-refractivity contribution in [2.45, 2.75) is 59.0 Å². The molecule has 6 atom stereocenters. The number of ether oxygens (including phenoxy) is 1. The summed E-state index contributed by atoms with van der Waals surface area (Å²) in [5.41, 5.74) is 0. The molecule has 22 heavy (non-hydrogen) atoms. The molecule has 0 aromatic heterocycles. The Bertz CT molecular complexity index is 462. The van der Waals surface area contributed by atoms with E-state index in [4.69, 9.17) is 4.74 Å². The molecule has 0 amide bonds. The lowest BCUT2D eigenvalue weighted by molar-refractivity contribution is -0.161. The van der Waals surface area contributed by atoms with E-state index >= 15 is 0 Å². The van der Waals surface area contributed by atoms with Crippen molar-refractivity contribution in [2.24, 2.45) is 35.5 Å². The summed E-state index contributed by atoms with van der Waals surface area (Å²) in [5.74, 6) is 2.91. The SMILES string of the molecule is CC(C)[C@@H]1CC[C@@H](C)C[C@H]1OC(=O)[C@H]1C[C@@H]2C=CC=C[C@H]1C2. The lowest BCUT2D eigenvalue weighted by Crippen LogP contribution is -2.37. The summed E-state index contributed by atoms with van der Waals surface area (Å²) in [6.45, 7) is 6.82. The van der Waals surface area contributed by atoms with E-state index in [-0.39, 0.29) is 18.0 Å². The molecule has 0 heterocycles. The van der Waals surface area contributed by atoms with Gasteiger partial charge in [-0.1, -0.05) is 51.5 Å². The van der Waals surface area contributed by atoms with Gasteiger partial charge in [0, 0.05) is 0 Å². The van der Waals surface area contributed by atoms with Gasteiger partial charge in [-0.3, -0.25) is 4.79 Å². The lowest BCUT2D eigenvalue weighted by atomic mass is 9.75. The van der Waals surface area contributed by atoms with Gasteiger partial charge >= 0.3 is 5.97 Å². The average molecular weight is 302 g/mol. The molecule has 0 aromatic carbocycles. The molecule has 3 aliphatic carbocycles. The molecule has 0 N–H and O–H groups in total. The summed E-state index contributed by atoms with van der Waals surface area (Å²) in [6.07, 6.45) is 14.4. The third-order valence-electron chi connectivity index (χ3n) is 6.03. The third kappa shape index (κ3) is 3.31. The second-order valence-corrected chi connectivity index (χ2v) is 8.07. The van der Waals surface area contributed by atoms with Crippen LogP contribution in [0, 0.1) is 35.5 Å². The number of allylic oxidation sites excluding steroid dienone is 4. The molecule has 2 nitrogen and oxygen atoms in total. The molecule has 2 bridgehead atoms. The van der Waals surface area contributed by atoms with Gasteiger partial charge in [-0.25, -0.2) is 0 Å². The van der Waals surface area contributed by atoms with Gasteiger partial charge < -0.3 is 4.74 Å². The van der Waals surface area contributed by atoms with Crippen LogP contribution >= 0.6 is 0 Å². The number of fused-ring (bicyclic) bond motifs is 2. The predicted octanol–water partition coefficient (Wildman–Crippen LogP) is 4.76. The Balaban J connectivity index is 1.65. The van der Waals surface area contributed by atoms with Crippen molar-refractivity contribution in [3.05, 3.63) is 24.3 Å². The number of carbonyl (C=O) groups excluding carboxylic acids is 1. The maximum Gasteiger partial charge on any atom is 0.309 e. The van der Waals surface area contributed by atoms with Gasteiger partial charge in [-0.15, -0.1) is 0 Å². The van der Waals surface area contributed by atoms with Crippen molar-refractivity contribution < 1.29 is 9.53 Å². The first-order valence-corrected chi connectivity index (χ1v) is 9.10. The molecule has 122 valence electrons. The van der Waals surface area contributed by atoms with Crippen LogP contribution in [0.25, 0.3) is 0 Å². The quantitative estimate of drug-likeness (QED) is 0.703. The van der Waals surface area contributed by atoms with Crippen LogP contribution in [-0.4, -0.2) is 12.1 Å². The molecule has 3 rings (SSSR count). The first kappa shape index (κ1) is 15.8. The maximum absolute atomic E-state index is 12.8. The molecule has 2 saturated carbocycles. The zero-order chi connectivity index (χ0) is 15.7. The topological polar surface area (TPSA) is 26.3 Å². The Morgan fingerprint density at radius 2 is 1.86 bits per heavy atom.